The normalized spacial score (nSPS) is 10.8. The standard InChI is InChI=1S/C18H17NO3/c1-3-13-8-6-9-15(18(20)22-21-2)17(13)19-12-11-14-7-4-5-10-16(14)19/h4-12H,3H2,1-2H3. The lowest BCUT2D eigenvalue weighted by Gasteiger charge is -2.15. The second-order valence-electron chi connectivity index (χ2n) is 4.95. The van der Waals surface area contributed by atoms with Crippen molar-refractivity contribution < 1.29 is 14.6 Å². The lowest BCUT2D eigenvalue weighted by molar-refractivity contribution is -0.216. The van der Waals surface area contributed by atoms with Gasteiger partial charge in [0.15, 0.2) is 0 Å². The molecule has 112 valence electrons. The summed E-state index contributed by atoms with van der Waals surface area (Å²) < 4.78 is 2.03. The average Bonchev–Trinajstić information content (AvgIpc) is 2.98. The summed E-state index contributed by atoms with van der Waals surface area (Å²) >= 11 is 0. The van der Waals surface area contributed by atoms with Crippen LogP contribution < -0.4 is 0 Å². The van der Waals surface area contributed by atoms with E-state index >= 15 is 0 Å². The molecule has 0 radical (unpaired) electrons. The van der Waals surface area contributed by atoms with Crippen LogP contribution in [0.1, 0.15) is 22.8 Å². The van der Waals surface area contributed by atoms with E-state index in [4.69, 9.17) is 4.89 Å². The van der Waals surface area contributed by atoms with Crippen LogP contribution >= 0.6 is 0 Å². The summed E-state index contributed by atoms with van der Waals surface area (Å²) in [6.45, 7) is 2.07. The van der Waals surface area contributed by atoms with Crippen LogP contribution in [-0.4, -0.2) is 17.6 Å². The molecule has 4 heteroatoms. The van der Waals surface area contributed by atoms with Gasteiger partial charge in [-0.3, -0.25) is 4.89 Å². The quantitative estimate of drug-likeness (QED) is 0.541. The minimum atomic E-state index is -0.495. The van der Waals surface area contributed by atoms with Gasteiger partial charge in [0, 0.05) is 6.20 Å². The number of hydrogen-bond acceptors (Lipinski definition) is 3. The summed E-state index contributed by atoms with van der Waals surface area (Å²) in [6, 6.07) is 15.7. The molecule has 0 amide bonds. The van der Waals surface area contributed by atoms with Crippen LogP contribution in [0.15, 0.2) is 54.7 Å². The molecule has 0 unspecified atom stereocenters. The molecule has 0 spiro atoms. The Morgan fingerprint density at radius 3 is 2.68 bits per heavy atom. The maximum atomic E-state index is 12.2. The summed E-state index contributed by atoms with van der Waals surface area (Å²) in [7, 11) is 1.33. The molecular weight excluding hydrogens is 278 g/mol. The van der Waals surface area contributed by atoms with Gasteiger partial charge in [0.1, 0.15) is 0 Å². The van der Waals surface area contributed by atoms with Crippen molar-refractivity contribution in [1.82, 2.24) is 4.57 Å². The Kier molecular flexibility index (Phi) is 3.94. The molecule has 0 aliphatic rings. The first-order valence-corrected chi connectivity index (χ1v) is 7.19. The van der Waals surface area contributed by atoms with Crippen molar-refractivity contribution in [2.45, 2.75) is 13.3 Å². The number of carbonyl (C=O) groups is 1. The van der Waals surface area contributed by atoms with Crippen molar-refractivity contribution in [2.24, 2.45) is 0 Å². The fourth-order valence-electron chi connectivity index (χ4n) is 2.72. The number of hydrogen-bond donors (Lipinski definition) is 0. The van der Waals surface area contributed by atoms with Crippen LogP contribution in [0.25, 0.3) is 16.6 Å². The minimum absolute atomic E-state index is 0.488. The summed E-state index contributed by atoms with van der Waals surface area (Å²) in [5.74, 6) is -0.495. The zero-order valence-corrected chi connectivity index (χ0v) is 12.6. The van der Waals surface area contributed by atoms with Crippen molar-refractivity contribution in [2.75, 3.05) is 7.11 Å². The van der Waals surface area contributed by atoms with Gasteiger partial charge in [0.25, 0.3) is 0 Å². The monoisotopic (exact) mass is 295 g/mol. The Morgan fingerprint density at radius 1 is 1.09 bits per heavy atom. The van der Waals surface area contributed by atoms with Gasteiger partial charge < -0.3 is 4.57 Å². The van der Waals surface area contributed by atoms with Crippen LogP contribution in [0.3, 0.4) is 0 Å². The average molecular weight is 295 g/mol. The lowest BCUT2D eigenvalue weighted by Crippen LogP contribution is -2.11. The van der Waals surface area contributed by atoms with Gasteiger partial charge in [-0.1, -0.05) is 37.3 Å². The molecular formula is C18H17NO3. The second-order valence-corrected chi connectivity index (χ2v) is 4.95. The highest BCUT2D eigenvalue weighted by molar-refractivity contribution is 5.95. The van der Waals surface area contributed by atoms with Crippen LogP contribution in [0.5, 0.6) is 0 Å². The SMILES string of the molecule is CCc1cccc(C(=O)OOC)c1-n1ccc2ccccc21. The predicted octanol–water partition coefficient (Wildman–Crippen LogP) is 3.91. The Labute approximate surface area is 128 Å². The molecule has 0 bridgehead atoms. The van der Waals surface area contributed by atoms with Gasteiger partial charge >= 0.3 is 5.97 Å². The third-order valence-corrected chi connectivity index (χ3v) is 3.72. The largest absolute Gasteiger partial charge is 0.375 e. The zero-order valence-electron chi connectivity index (χ0n) is 12.6. The molecule has 0 aliphatic heterocycles. The van der Waals surface area contributed by atoms with E-state index in [9.17, 15) is 4.79 Å². The Hall–Kier alpha value is -2.59. The van der Waals surface area contributed by atoms with Gasteiger partial charge in [-0.05, 0) is 35.6 Å². The highest BCUT2D eigenvalue weighted by Gasteiger charge is 2.18. The number of para-hydroxylation sites is 2. The Bertz CT molecular complexity index is 820. The molecule has 0 saturated carbocycles. The third-order valence-electron chi connectivity index (χ3n) is 3.72. The van der Waals surface area contributed by atoms with E-state index in [1.807, 2.05) is 53.2 Å². The number of nitrogens with zero attached hydrogens (tertiary/aromatic N) is 1. The second kappa shape index (κ2) is 6.03. The fraction of sp³-hybridized carbons (Fsp3) is 0.167. The minimum Gasteiger partial charge on any atom is -0.315 e. The molecule has 0 saturated heterocycles. The first-order chi connectivity index (χ1) is 10.8. The molecule has 22 heavy (non-hydrogen) atoms. The van der Waals surface area contributed by atoms with Crippen molar-refractivity contribution in [3.8, 4) is 5.69 Å². The molecule has 2 aromatic carbocycles. The highest BCUT2D eigenvalue weighted by Crippen LogP contribution is 2.27. The molecule has 0 N–H and O–H groups in total. The van der Waals surface area contributed by atoms with E-state index in [2.05, 4.69) is 11.8 Å². The van der Waals surface area contributed by atoms with E-state index in [0.717, 1.165) is 28.6 Å². The van der Waals surface area contributed by atoms with E-state index < -0.39 is 5.97 Å². The van der Waals surface area contributed by atoms with Crippen LogP contribution in [0.2, 0.25) is 0 Å². The molecule has 4 nitrogen and oxygen atoms in total. The molecule has 3 rings (SSSR count). The number of rotatable bonds is 4. The fourth-order valence-corrected chi connectivity index (χ4v) is 2.72. The molecule has 0 aliphatic carbocycles. The van der Waals surface area contributed by atoms with Crippen molar-refractivity contribution >= 4 is 16.9 Å². The van der Waals surface area contributed by atoms with Crippen LogP contribution in [-0.2, 0) is 16.2 Å². The molecule has 1 heterocycles. The van der Waals surface area contributed by atoms with Gasteiger partial charge in [0.2, 0.25) is 0 Å². The van der Waals surface area contributed by atoms with Gasteiger partial charge in [-0.25, -0.2) is 4.79 Å². The van der Waals surface area contributed by atoms with Gasteiger partial charge in [-0.2, -0.15) is 4.89 Å². The maximum absolute atomic E-state index is 12.2. The smallest absolute Gasteiger partial charge is 0.315 e. The molecule has 3 aromatic rings. The van der Waals surface area contributed by atoms with Gasteiger partial charge in [-0.15, -0.1) is 0 Å². The summed E-state index contributed by atoms with van der Waals surface area (Å²) in [5.41, 5.74) is 3.46. The maximum Gasteiger partial charge on any atom is 0.375 e. The highest BCUT2D eigenvalue weighted by atomic mass is 17.2. The van der Waals surface area contributed by atoms with Crippen LogP contribution in [0, 0.1) is 0 Å². The summed E-state index contributed by atoms with van der Waals surface area (Å²) in [6.07, 6.45) is 2.79. The first-order valence-electron chi connectivity index (χ1n) is 7.19. The van der Waals surface area contributed by atoms with Crippen molar-refractivity contribution in [1.29, 1.82) is 0 Å². The number of carbonyl (C=O) groups excluding carboxylic acids is 1. The van der Waals surface area contributed by atoms with E-state index in [1.54, 1.807) is 6.07 Å². The topological polar surface area (TPSA) is 40.5 Å². The molecule has 0 fully saturated rings. The third kappa shape index (κ3) is 2.38. The summed E-state index contributed by atoms with van der Waals surface area (Å²) in [5, 5.41) is 1.12. The number of fused-ring (bicyclic) bond motifs is 1. The zero-order chi connectivity index (χ0) is 15.5. The van der Waals surface area contributed by atoms with E-state index in [1.165, 1.54) is 7.11 Å². The predicted molar refractivity (Wildman–Crippen MR) is 85.1 cm³/mol. The van der Waals surface area contributed by atoms with Crippen molar-refractivity contribution in [3.63, 3.8) is 0 Å². The first kappa shape index (κ1) is 14.4. The number of benzene rings is 2. The number of aromatic nitrogens is 1. The van der Waals surface area contributed by atoms with E-state index in [0.29, 0.717) is 5.56 Å². The Balaban J connectivity index is 2.26. The molecule has 0 atom stereocenters. The lowest BCUT2D eigenvalue weighted by atomic mass is 10.0. The number of aryl methyl sites for hydroxylation is 1. The Morgan fingerprint density at radius 2 is 1.91 bits per heavy atom. The molecule has 1 aromatic heterocycles. The van der Waals surface area contributed by atoms with E-state index in [-0.39, 0.29) is 0 Å². The summed E-state index contributed by atoms with van der Waals surface area (Å²) in [4.78, 5) is 21.5. The van der Waals surface area contributed by atoms with Crippen LogP contribution in [0.4, 0.5) is 0 Å². The van der Waals surface area contributed by atoms with Gasteiger partial charge in [0.05, 0.1) is 23.9 Å². The van der Waals surface area contributed by atoms with Crippen molar-refractivity contribution in [3.05, 3.63) is 65.9 Å².